The van der Waals surface area contributed by atoms with Gasteiger partial charge in [-0.1, -0.05) is 93.6 Å². The lowest BCUT2D eigenvalue weighted by Gasteiger charge is -2.04. The zero-order valence-electron chi connectivity index (χ0n) is 14.8. The van der Waals surface area contributed by atoms with E-state index in [9.17, 15) is 4.79 Å². The van der Waals surface area contributed by atoms with Crippen LogP contribution in [0.3, 0.4) is 0 Å². The summed E-state index contributed by atoms with van der Waals surface area (Å²) in [5.41, 5.74) is 1.95. The molecule has 0 saturated heterocycles. The van der Waals surface area contributed by atoms with Crippen molar-refractivity contribution in [1.82, 2.24) is 10.2 Å². The van der Waals surface area contributed by atoms with Gasteiger partial charge in [-0.3, -0.25) is 4.79 Å². The Hall–Kier alpha value is -2.22. The van der Waals surface area contributed by atoms with Gasteiger partial charge < -0.3 is 5.32 Å². The number of hydrogen-bond donors (Lipinski definition) is 1. The normalized spacial score (nSPS) is 10.9. The molecule has 4 rings (SSSR count). The number of Topliss-reactive ketones (excluding diaryl/α,β-unsaturated/α-hetero) is 1. The third kappa shape index (κ3) is 4.60. The number of benzene rings is 3. The van der Waals surface area contributed by atoms with Crippen molar-refractivity contribution in [2.24, 2.45) is 0 Å². The van der Waals surface area contributed by atoms with Gasteiger partial charge in [0.25, 0.3) is 0 Å². The smallest absolute Gasteiger partial charge is 0.206 e. The molecule has 0 aliphatic carbocycles. The summed E-state index contributed by atoms with van der Waals surface area (Å²) in [7, 11) is 0. The number of nitrogens with zero attached hydrogens (tertiary/aromatic N) is 2. The molecule has 3 aromatic carbocycles. The Bertz CT molecular complexity index is 1110. The topological polar surface area (TPSA) is 54.9 Å². The molecule has 1 N–H and O–H groups in total. The van der Waals surface area contributed by atoms with Gasteiger partial charge in [0.1, 0.15) is 0 Å². The van der Waals surface area contributed by atoms with Crippen molar-refractivity contribution in [2.45, 2.75) is 10.1 Å². The molecule has 0 atom stereocenters. The zero-order valence-corrected chi connectivity index (χ0v) is 18.0. The Morgan fingerprint density at radius 1 is 1.00 bits per heavy atom. The van der Waals surface area contributed by atoms with E-state index >= 15 is 0 Å². The number of carbonyl (C=O) groups excluding carboxylic acids is 1. The van der Waals surface area contributed by atoms with Gasteiger partial charge in [0.15, 0.2) is 10.1 Å². The van der Waals surface area contributed by atoms with Crippen molar-refractivity contribution in [1.29, 1.82) is 0 Å². The zero-order chi connectivity index (χ0) is 19.3. The number of halogens is 1. The van der Waals surface area contributed by atoms with E-state index in [4.69, 9.17) is 0 Å². The summed E-state index contributed by atoms with van der Waals surface area (Å²) >= 11 is 6.50. The van der Waals surface area contributed by atoms with E-state index in [1.807, 2.05) is 12.1 Å². The maximum atomic E-state index is 12.2. The van der Waals surface area contributed by atoms with Crippen molar-refractivity contribution in [3.8, 4) is 0 Å². The number of hydrogen-bond acceptors (Lipinski definition) is 6. The van der Waals surface area contributed by atoms with Crippen LogP contribution in [-0.4, -0.2) is 22.5 Å². The third-order valence-corrected chi connectivity index (χ3v) is 6.80. The first-order valence-corrected chi connectivity index (χ1v) is 11.2. The summed E-state index contributed by atoms with van der Waals surface area (Å²) in [5, 5.41) is 14.6. The van der Waals surface area contributed by atoms with Gasteiger partial charge in [-0.15, -0.1) is 10.2 Å². The quantitative estimate of drug-likeness (QED) is 0.264. The van der Waals surface area contributed by atoms with Crippen LogP contribution in [0.4, 0.5) is 5.13 Å². The highest BCUT2D eigenvalue weighted by Gasteiger charge is 2.10. The van der Waals surface area contributed by atoms with Crippen LogP contribution in [-0.2, 0) is 5.75 Å². The Balaban J connectivity index is 1.35. The van der Waals surface area contributed by atoms with Gasteiger partial charge >= 0.3 is 0 Å². The van der Waals surface area contributed by atoms with Crippen molar-refractivity contribution < 1.29 is 4.79 Å². The molecule has 4 nitrogen and oxygen atoms in total. The van der Waals surface area contributed by atoms with E-state index in [0.29, 0.717) is 10.7 Å². The minimum atomic E-state index is 0.0210. The van der Waals surface area contributed by atoms with Gasteiger partial charge in [0.05, 0.1) is 6.54 Å². The molecular formula is C21H16BrN3OS2. The van der Waals surface area contributed by atoms with Gasteiger partial charge in [-0.25, -0.2) is 0 Å². The monoisotopic (exact) mass is 469 g/mol. The lowest BCUT2D eigenvalue weighted by molar-refractivity contribution is 0.101. The van der Waals surface area contributed by atoms with Gasteiger partial charge in [-0.2, -0.15) is 0 Å². The molecule has 0 unspecified atom stereocenters. The first-order chi connectivity index (χ1) is 13.7. The van der Waals surface area contributed by atoms with Crippen molar-refractivity contribution in [2.75, 3.05) is 11.9 Å². The SMILES string of the molecule is O=C(CNc1nnc(SCc2cccc3ccccc23)s1)c1ccc(Br)cc1. The number of aromatic nitrogens is 2. The number of thioether (sulfide) groups is 1. The summed E-state index contributed by atoms with van der Waals surface area (Å²) in [6.07, 6.45) is 0. The molecule has 140 valence electrons. The summed E-state index contributed by atoms with van der Waals surface area (Å²) in [6, 6.07) is 22.1. The number of carbonyl (C=O) groups is 1. The van der Waals surface area contributed by atoms with Crippen LogP contribution in [0.2, 0.25) is 0 Å². The number of anilines is 1. The molecule has 4 aromatic rings. The summed E-state index contributed by atoms with van der Waals surface area (Å²) in [4.78, 5) is 12.2. The second-order valence-electron chi connectivity index (χ2n) is 6.08. The maximum absolute atomic E-state index is 12.2. The summed E-state index contributed by atoms with van der Waals surface area (Å²) in [5.74, 6) is 0.848. The van der Waals surface area contributed by atoms with E-state index in [2.05, 4.69) is 73.9 Å². The van der Waals surface area contributed by atoms with E-state index in [1.165, 1.54) is 27.7 Å². The highest BCUT2D eigenvalue weighted by atomic mass is 79.9. The molecule has 1 aromatic heterocycles. The fourth-order valence-corrected chi connectivity index (χ4v) is 4.81. The van der Waals surface area contributed by atoms with E-state index in [0.717, 1.165) is 14.6 Å². The van der Waals surface area contributed by atoms with Crippen LogP contribution < -0.4 is 5.32 Å². The Kier molecular flexibility index (Phi) is 6.04. The fraction of sp³-hybridized carbons (Fsp3) is 0.0952. The summed E-state index contributed by atoms with van der Waals surface area (Å²) < 4.78 is 1.83. The minimum Gasteiger partial charge on any atom is -0.353 e. The second-order valence-corrected chi connectivity index (χ2v) is 9.20. The van der Waals surface area contributed by atoms with Crippen LogP contribution in [0.25, 0.3) is 10.8 Å². The molecular weight excluding hydrogens is 454 g/mol. The largest absolute Gasteiger partial charge is 0.353 e. The van der Waals surface area contributed by atoms with Crippen molar-refractivity contribution in [3.05, 3.63) is 82.3 Å². The average Bonchev–Trinajstić information content (AvgIpc) is 3.19. The second kappa shape index (κ2) is 8.86. The molecule has 0 saturated carbocycles. The number of nitrogens with one attached hydrogen (secondary N) is 1. The van der Waals surface area contributed by atoms with E-state index < -0.39 is 0 Å². The Morgan fingerprint density at radius 3 is 2.64 bits per heavy atom. The molecule has 7 heteroatoms. The highest BCUT2D eigenvalue weighted by molar-refractivity contribution is 9.10. The molecule has 0 radical (unpaired) electrons. The number of rotatable bonds is 7. The first kappa shape index (κ1) is 19.1. The predicted octanol–water partition coefficient (Wildman–Crippen LogP) is 6.04. The standard InChI is InChI=1S/C21H16BrN3OS2/c22-17-10-8-15(9-11-17)19(26)12-23-20-24-25-21(28-20)27-13-16-6-3-5-14-4-1-2-7-18(14)16/h1-11H,12-13H2,(H,23,24). The minimum absolute atomic E-state index is 0.0210. The van der Waals surface area contributed by atoms with Crippen LogP contribution in [0, 0.1) is 0 Å². The van der Waals surface area contributed by atoms with Gasteiger partial charge in [0.2, 0.25) is 5.13 Å². The Morgan fingerprint density at radius 2 is 1.79 bits per heavy atom. The third-order valence-electron chi connectivity index (χ3n) is 4.20. The lowest BCUT2D eigenvalue weighted by Crippen LogP contribution is -2.13. The lowest BCUT2D eigenvalue weighted by atomic mass is 10.1. The van der Waals surface area contributed by atoms with Gasteiger partial charge in [0, 0.05) is 15.8 Å². The summed E-state index contributed by atoms with van der Waals surface area (Å²) in [6.45, 7) is 0.199. The van der Waals surface area contributed by atoms with E-state index in [1.54, 1.807) is 23.9 Å². The molecule has 1 heterocycles. The number of fused-ring (bicyclic) bond motifs is 1. The molecule has 0 amide bonds. The average molecular weight is 470 g/mol. The van der Waals surface area contributed by atoms with Crippen LogP contribution in [0.1, 0.15) is 15.9 Å². The first-order valence-electron chi connectivity index (χ1n) is 8.64. The van der Waals surface area contributed by atoms with Crippen LogP contribution in [0.15, 0.2) is 75.5 Å². The van der Waals surface area contributed by atoms with Crippen molar-refractivity contribution in [3.63, 3.8) is 0 Å². The molecule has 0 aliphatic rings. The van der Waals surface area contributed by atoms with Crippen molar-refractivity contribution >= 4 is 60.7 Å². The molecule has 0 fully saturated rings. The number of ketones is 1. The van der Waals surface area contributed by atoms with Crippen LogP contribution >= 0.6 is 39.0 Å². The molecule has 28 heavy (non-hydrogen) atoms. The fourth-order valence-electron chi connectivity index (χ4n) is 2.79. The van der Waals surface area contributed by atoms with E-state index in [-0.39, 0.29) is 12.3 Å². The maximum Gasteiger partial charge on any atom is 0.206 e. The highest BCUT2D eigenvalue weighted by Crippen LogP contribution is 2.30. The van der Waals surface area contributed by atoms with Crippen LogP contribution in [0.5, 0.6) is 0 Å². The Labute approximate surface area is 179 Å². The van der Waals surface area contributed by atoms with Gasteiger partial charge in [-0.05, 0) is 28.5 Å². The predicted molar refractivity (Wildman–Crippen MR) is 120 cm³/mol. The molecule has 0 aliphatic heterocycles. The molecule has 0 bridgehead atoms. The molecule has 0 spiro atoms.